The number of nitro groups is 1. The van der Waals surface area contributed by atoms with E-state index >= 15 is 0 Å². The van der Waals surface area contributed by atoms with Gasteiger partial charge < -0.3 is 10.5 Å². The second-order valence-corrected chi connectivity index (χ2v) is 5.12. The molecule has 0 atom stereocenters. The van der Waals surface area contributed by atoms with Crippen LogP contribution in [0, 0.1) is 22.4 Å². The largest absolute Gasteiger partial charge is 0.431 e. The Balaban J connectivity index is 2.46. The molecule has 0 unspecified atom stereocenters. The standard InChI is InChI=1S/C13H11BrN4O3/c1-7-5-8(14)6-10(18(19)20)12(7)21-11-4-2-3-9(17-11)13(15)16/h2-6H,1H3,(H3,15,16). The summed E-state index contributed by atoms with van der Waals surface area (Å²) in [6.45, 7) is 1.70. The molecule has 2 rings (SSSR count). The summed E-state index contributed by atoms with van der Waals surface area (Å²) in [5.74, 6) is 0.0371. The van der Waals surface area contributed by atoms with Crippen LogP contribution < -0.4 is 10.5 Å². The molecule has 1 aromatic carbocycles. The molecule has 108 valence electrons. The molecule has 0 saturated heterocycles. The highest BCUT2D eigenvalue weighted by atomic mass is 79.9. The maximum Gasteiger partial charge on any atom is 0.313 e. The Morgan fingerprint density at radius 3 is 2.81 bits per heavy atom. The van der Waals surface area contributed by atoms with Crippen molar-refractivity contribution in [3.63, 3.8) is 0 Å². The summed E-state index contributed by atoms with van der Waals surface area (Å²) in [7, 11) is 0. The van der Waals surface area contributed by atoms with Gasteiger partial charge >= 0.3 is 5.69 Å². The number of aromatic nitrogens is 1. The van der Waals surface area contributed by atoms with E-state index < -0.39 is 4.92 Å². The highest BCUT2D eigenvalue weighted by Crippen LogP contribution is 2.36. The second kappa shape index (κ2) is 5.88. The number of rotatable bonds is 4. The topological polar surface area (TPSA) is 115 Å². The lowest BCUT2D eigenvalue weighted by Crippen LogP contribution is -2.13. The van der Waals surface area contributed by atoms with Crippen molar-refractivity contribution in [2.45, 2.75) is 6.92 Å². The molecule has 3 N–H and O–H groups in total. The summed E-state index contributed by atoms with van der Waals surface area (Å²) in [5, 5.41) is 18.5. The maximum atomic E-state index is 11.1. The summed E-state index contributed by atoms with van der Waals surface area (Å²) in [4.78, 5) is 14.6. The molecule has 8 heteroatoms. The summed E-state index contributed by atoms with van der Waals surface area (Å²) in [6.07, 6.45) is 0. The number of halogens is 1. The first-order valence-electron chi connectivity index (χ1n) is 5.82. The first kappa shape index (κ1) is 14.9. The van der Waals surface area contributed by atoms with E-state index in [9.17, 15) is 10.1 Å². The zero-order valence-electron chi connectivity index (χ0n) is 11.0. The molecule has 0 amide bonds. The number of nitrogens with zero attached hydrogens (tertiary/aromatic N) is 2. The van der Waals surface area contributed by atoms with E-state index in [4.69, 9.17) is 15.9 Å². The quantitative estimate of drug-likeness (QED) is 0.380. The van der Waals surface area contributed by atoms with Gasteiger partial charge in [0, 0.05) is 22.2 Å². The molecule has 0 aliphatic rings. The normalized spacial score (nSPS) is 10.2. The lowest BCUT2D eigenvalue weighted by Gasteiger charge is -2.09. The summed E-state index contributed by atoms with van der Waals surface area (Å²) in [5.41, 5.74) is 6.01. The van der Waals surface area contributed by atoms with Crippen LogP contribution >= 0.6 is 15.9 Å². The van der Waals surface area contributed by atoms with Crippen LogP contribution in [-0.4, -0.2) is 15.7 Å². The third-order valence-corrected chi connectivity index (χ3v) is 3.08. The lowest BCUT2D eigenvalue weighted by atomic mass is 10.2. The molecule has 1 aromatic heterocycles. The molecular weight excluding hydrogens is 340 g/mol. The predicted octanol–water partition coefficient (Wildman–Crippen LogP) is 3.14. The number of ether oxygens (including phenoxy) is 1. The van der Waals surface area contributed by atoms with Crippen molar-refractivity contribution in [2.24, 2.45) is 5.73 Å². The van der Waals surface area contributed by atoms with Gasteiger partial charge in [-0.15, -0.1) is 0 Å². The fraction of sp³-hybridized carbons (Fsp3) is 0.0769. The molecule has 0 saturated carbocycles. The molecule has 0 bridgehead atoms. The summed E-state index contributed by atoms with van der Waals surface area (Å²) >= 11 is 3.21. The number of nitrogens with one attached hydrogen (secondary N) is 1. The molecule has 7 nitrogen and oxygen atoms in total. The maximum absolute atomic E-state index is 11.1. The highest BCUT2D eigenvalue weighted by molar-refractivity contribution is 9.10. The zero-order chi connectivity index (χ0) is 15.6. The van der Waals surface area contributed by atoms with E-state index in [-0.39, 0.29) is 28.8 Å². The fourth-order valence-corrected chi connectivity index (χ4v) is 2.27. The van der Waals surface area contributed by atoms with Crippen LogP contribution in [0.1, 0.15) is 11.3 Å². The van der Waals surface area contributed by atoms with E-state index in [0.29, 0.717) is 10.0 Å². The van der Waals surface area contributed by atoms with E-state index in [1.54, 1.807) is 25.1 Å². The van der Waals surface area contributed by atoms with Crippen LogP contribution in [0.3, 0.4) is 0 Å². The van der Waals surface area contributed by atoms with Gasteiger partial charge in [0.1, 0.15) is 11.5 Å². The van der Waals surface area contributed by atoms with E-state index in [1.165, 1.54) is 12.1 Å². The van der Waals surface area contributed by atoms with Crippen LogP contribution in [0.4, 0.5) is 5.69 Å². The SMILES string of the molecule is Cc1cc(Br)cc([N+](=O)[O-])c1Oc1cccc(C(=N)N)n1. The van der Waals surface area contributed by atoms with E-state index in [1.807, 2.05) is 0 Å². The molecule has 0 radical (unpaired) electrons. The summed E-state index contributed by atoms with van der Waals surface area (Å²) < 4.78 is 6.11. The van der Waals surface area contributed by atoms with E-state index in [2.05, 4.69) is 20.9 Å². The van der Waals surface area contributed by atoms with Gasteiger partial charge in [-0.3, -0.25) is 15.5 Å². The van der Waals surface area contributed by atoms with Crippen molar-refractivity contribution in [3.8, 4) is 11.6 Å². The van der Waals surface area contributed by atoms with Crippen molar-refractivity contribution >= 4 is 27.5 Å². The van der Waals surface area contributed by atoms with Crippen LogP contribution in [0.2, 0.25) is 0 Å². The number of nitrogen functional groups attached to an aromatic ring is 1. The number of hydrogen-bond donors (Lipinski definition) is 2. The van der Waals surface area contributed by atoms with Gasteiger partial charge in [0.25, 0.3) is 0 Å². The smallest absolute Gasteiger partial charge is 0.313 e. The molecule has 0 aliphatic carbocycles. The first-order chi connectivity index (χ1) is 9.88. The minimum atomic E-state index is -0.526. The van der Waals surface area contributed by atoms with E-state index in [0.717, 1.165) is 0 Å². The number of nitro benzene ring substituents is 1. The van der Waals surface area contributed by atoms with Gasteiger partial charge in [-0.25, -0.2) is 4.98 Å². The van der Waals surface area contributed by atoms with Gasteiger partial charge in [-0.2, -0.15) is 0 Å². The van der Waals surface area contributed by atoms with Crippen LogP contribution in [0.5, 0.6) is 11.6 Å². The number of pyridine rings is 1. The molecule has 0 fully saturated rings. The molecular formula is C13H11BrN4O3. The van der Waals surface area contributed by atoms with Gasteiger partial charge in [-0.1, -0.05) is 22.0 Å². The van der Waals surface area contributed by atoms with Crippen molar-refractivity contribution in [1.29, 1.82) is 5.41 Å². The third-order valence-electron chi connectivity index (χ3n) is 2.62. The van der Waals surface area contributed by atoms with Gasteiger partial charge in [0.15, 0.2) is 0 Å². The zero-order valence-corrected chi connectivity index (χ0v) is 12.5. The average Bonchev–Trinajstić information content (AvgIpc) is 2.41. The van der Waals surface area contributed by atoms with Gasteiger partial charge in [0.05, 0.1) is 4.92 Å². The number of amidine groups is 1. The highest BCUT2D eigenvalue weighted by Gasteiger charge is 2.20. The number of hydrogen-bond acceptors (Lipinski definition) is 5. The second-order valence-electron chi connectivity index (χ2n) is 4.20. The van der Waals surface area contributed by atoms with Crippen LogP contribution in [0.25, 0.3) is 0 Å². The Morgan fingerprint density at radius 1 is 1.48 bits per heavy atom. The van der Waals surface area contributed by atoms with Crippen molar-refractivity contribution in [2.75, 3.05) is 0 Å². The summed E-state index contributed by atoms with van der Waals surface area (Å²) in [6, 6.07) is 7.77. The molecule has 0 spiro atoms. The third kappa shape index (κ3) is 3.34. The number of aryl methyl sites for hydroxylation is 1. The first-order valence-corrected chi connectivity index (χ1v) is 6.61. The van der Waals surface area contributed by atoms with Crippen LogP contribution in [0.15, 0.2) is 34.8 Å². The fourth-order valence-electron chi connectivity index (χ4n) is 1.71. The van der Waals surface area contributed by atoms with Crippen LogP contribution in [-0.2, 0) is 0 Å². The Labute approximate surface area is 128 Å². The van der Waals surface area contributed by atoms with Crippen molar-refractivity contribution in [1.82, 2.24) is 4.98 Å². The Bertz CT molecular complexity index is 733. The van der Waals surface area contributed by atoms with Gasteiger partial charge in [-0.05, 0) is 19.1 Å². The molecule has 1 heterocycles. The Morgan fingerprint density at radius 2 is 2.19 bits per heavy atom. The Kier molecular flexibility index (Phi) is 4.18. The van der Waals surface area contributed by atoms with Crippen molar-refractivity contribution < 1.29 is 9.66 Å². The number of benzene rings is 1. The Hall–Kier alpha value is -2.48. The number of nitrogens with two attached hydrogens (primary N) is 1. The average molecular weight is 351 g/mol. The minimum absolute atomic E-state index is 0.108. The lowest BCUT2D eigenvalue weighted by molar-refractivity contribution is -0.385. The molecule has 21 heavy (non-hydrogen) atoms. The monoisotopic (exact) mass is 350 g/mol. The predicted molar refractivity (Wildman–Crippen MR) is 80.9 cm³/mol. The minimum Gasteiger partial charge on any atom is -0.431 e. The molecule has 2 aromatic rings. The van der Waals surface area contributed by atoms with Gasteiger partial charge in [0.2, 0.25) is 11.6 Å². The molecule has 0 aliphatic heterocycles. The van der Waals surface area contributed by atoms with Crippen molar-refractivity contribution in [3.05, 3.63) is 56.2 Å².